The molecule has 9 nitrogen and oxygen atoms in total. The summed E-state index contributed by atoms with van der Waals surface area (Å²) in [5, 5.41) is 8.58. The minimum absolute atomic E-state index is 0.103. The number of fused-ring (bicyclic) bond motifs is 1. The molecule has 0 unspecified atom stereocenters. The zero-order valence-corrected chi connectivity index (χ0v) is 21.2. The van der Waals surface area contributed by atoms with Crippen LogP contribution >= 0.6 is 0 Å². The second-order valence-corrected chi connectivity index (χ2v) is 11.4. The Hall–Kier alpha value is -2.98. The van der Waals surface area contributed by atoms with Gasteiger partial charge in [-0.25, -0.2) is 8.42 Å². The molecule has 0 radical (unpaired) electrons. The van der Waals surface area contributed by atoms with E-state index in [-0.39, 0.29) is 16.7 Å². The Kier molecular flexibility index (Phi) is 6.27. The van der Waals surface area contributed by atoms with Crippen LogP contribution in [0.4, 0.5) is 0 Å². The van der Waals surface area contributed by atoms with Crippen LogP contribution in [0.3, 0.4) is 0 Å². The zero-order valence-electron chi connectivity index (χ0n) is 20.4. The molecule has 0 spiro atoms. The lowest BCUT2D eigenvalue weighted by atomic mass is 9.96. The molecule has 1 fully saturated rings. The maximum absolute atomic E-state index is 13.4. The van der Waals surface area contributed by atoms with Gasteiger partial charge in [0.25, 0.3) is 0 Å². The number of hydrogen-bond acceptors (Lipinski definition) is 6. The van der Waals surface area contributed by atoms with Gasteiger partial charge in [0.15, 0.2) is 5.76 Å². The third-order valence-electron chi connectivity index (χ3n) is 7.01. The van der Waals surface area contributed by atoms with Crippen LogP contribution in [0.5, 0.6) is 0 Å². The van der Waals surface area contributed by atoms with Crippen molar-refractivity contribution in [2.24, 2.45) is 5.92 Å². The Labute approximate surface area is 205 Å². The summed E-state index contributed by atoms with van der Waals surface area (Å²) >= 11 is 0. The van der Waals surface area contributed by atoms with E-state index >= 15 is 0 Å². The molecule has 1 aromatic carbocycles. The third-order valence-corrected chi connectivity index (χ3v) is 9.15. The highest BCUT2D eigenvalue weighted by atomic mass is 32.2. The number of nitrogens with zero attached hydrogens (tertiary/aromatic N) is 5. The van der Waals surface area contributed by atoms with Crippen LogP contribution in [0.1, 0.15) is 42.0 Å². The summed E-state index contributed by atoms with van der Waals surface area (Å²) in [6.45, 7) is 7.91. The SMILES string of the molecule is Cc1cccc(-c2cc3n(n2)CCCN(C(=O)C2CCN(S(=O)(=O)c4c(C)noc4C)CC2)C3)c1. The summed E-state index contributed by atoms with van der Waals surface area (Å²) in [7, 11) is -3.69. The van der Waals surface area contributed by atoms with E-state index in [1.807, 2.05) is 15.6 Å². The van der Waals surface area contributed by atoms with Crippen molar-refractivity contribution < 1.29 is 17.7 Å². The molecule has 2 aliphatic heterocycles. The van der Waals surface area contributed by atoms with E-state index in [4.69, 9.17) is 9.62 Å². The number of carbonyl (C=O) groups excluding carboxylic acids is 1. The van der Waals surface area contributed by atoms with Gasteiger partial charge in [-0.05, 0) is 52.2 Å². The number of piperidine rings is 1. The largest absolute Gasteiger partial charge is 0.360 e. The van der Waals surface area contributed by atoms with Gasteiger partial charge in [-0.15, -0.1) is 0 Å². The standard InChI is InChI=1S/C25H31N5O4S/c1-17-6-4-7-21(14-17)23-15-22-16-28(10-5-11-30(22)26-23)25(31)20-8-12-29(13-9-20)35(32,33)24-18(2)27-34-19(24)3/h4,6-7,14-15,20H,5,8-13,16H2,1-3H3. The van der Waals surface area contributed by atoms with Crippen LogP contribution in [-0.2, 0) is 27.9 Å². The maximum Gasteiger partial charge on any atom is 0.248 e. The van der Waals surface area contributed by atoms with Gasteiger partial charge in [0.05, 0.1) is 17.9 Å². The Morgan fingerprint density at radius 1 is 1.06 bits per heavy atom. The van der Waals surface area contributed by atoms with Crippen molar-refractivity contribution in [2.45, 2.75) is 58.0 Å². The van der Waals surface area contributed by atoms with Gasteiger partial charge in [0.1, 0.15) is 10.6 Å². The number of benzene rings is 1. The second-order valence-electron chi connectivity index (χ2n) is 9.56. The molecule has 1 amide bonds. The fraction of sp³-hybridized carbons (Fsp3) is 0.480. The highest BCUT2D eigenvalue weighted by molar-refractivity contribution is 7.89. The van der Waals surface area contributed by atoms with Crippen LogP contribution in [0.2, 0.25) is 0 Å². The van der Waals surface area contributed by atoms with E-state index in [9.17, 15) is 13.2 Å². The van der Waals surface area contributed by atoms with E-state index in [2.05, 4.69) is 36.3 Å². The normalized spacial score (nSPS) is 17.9. The van der Waals surface area contributed by atoms with Crippen molar-refractivity contribution in [2.75, 3.05) is 19.6 Å². The summed E-state index contributed by atoms with van der Waals surface area (Å²) in [6.07, 6.45) is 1.85. The Bertz CT molecular complexity index is 1330. The molecular formula is C25H31N5O4S. The molecule has 186 valence electrons. The molecule has 5 rings (SSSR count). The quantitative estimate of drug-likeness (QED) is 0.548. The van der Waals surface area contributed by atoms with Crippen molar-refractivity contribution >= 4 is 15.9 Å². The lowest BCUT2D eigenvalue weighted by Crippen LogP contribution is -2.44. The Balaban J connectivity index is 1.26. The predicted octanol–water partition coefficient (Wildman–Crippen LogP) is 3.30. The molecule has 0 bridgehead atoms. The molecule has 35 heavy (non-hydrogen) atoms. The van der Waals surface area contributed by atoms with Crippen molar-refractivity contribution in [1.82, 2.24) is 24.1 Å². The molecule has 0 N–H and O–H groups in total. The summed E-state index contributed by atoms with van der Waals surface area (Å²) in [5.41, 5.74) is 4.59. The predicted molar refractivity (Wildman–Crippen MR) is 130 cm³/mol. The van der Waals surface area contributed by atoms with Crippen LogP contribution < -0.4 is 0 Å². The van der Waals surface area contributed by atoms with Gasteiger partial charge < -0.3 is 9.42 Å². The summed E-state index contributed by atoms with van der Waals surface area (Å²) in [4.78, 5) is 15.5. The van der Waals surface area contributed by atoms with Gasteiger partial charge in [0.2, 0.25) is 15.9 Å². The molecule has 4 heterocycles. The Morgan fingerprint density at radius 2 is 1.83 bits per heavy atom. The first-order valence-corrected chi connectivity index (χ1v) is 13.5. The van der Waals surface area contributed by atoms with Crippen molar-refractivity contribution in [3.05, 3.63) is 53.0 Å². The van der Waals surface area contributed by atoms with Crippen molar-refractivity contribution in [3.63, 3.8) is 0 Å². The number of rotatable bonds is 4. The molecule has 2 aliphatic rings. The lowest BCUT2D eigenvalue weighted by Gasteiger charge is -2.33. The molecular weight excluding hydrogens is 466 g/mol. The molecule has 3 aromatic rings. The molecule has 0 saturated carbocycles. The van der Waals surface area contributed by atoms with Gasteiger partial charge in [-0.3, -0.25) is 9.48 Å². The summed E-state index contributed by atoms with van der Waals surface area (Å²) in [6, 6.07) is 10.4. The van der Waals surface area contributed by atoms with Crippen LogP contribution in [0.15, 0.2) is 39.8 Å². The smallest absolute Gasteiger partial charge is 0.248 e. The van der Waals surface area contributed by atoms with Gasteiger partial charge in [0, 0.05) is 37.7 Å². The maximum atomic E-state index is 13.4. The summed E-state index contributed by atoms with van der Waals surface area (Å²) < 4.78 is 34.8. The minimum atomic E-state index is -3.69. The van der Waals surface area contributed by atoms with Crippen LogP contribution in [-0.4, -0.2) is 58.1 Å². The fourth-order valence-corrected chi connectivity index (χ4v) is 6.93. The van der Waals surface area contributed by atoms with Gasteiger partial charge in [-0.1, -0.05) is 28.9 Å². The van der Waals surface area contributed by atoms with E-state index in [0.717, 1.165) is 29.9 Å². The summed E-state index contributed by atoms with van der Waals surface area (Å²) in [5.74, 6) is 0.217. The third kappa shape index (κ3) is 4.52. The average Bonchev–Trinajstić information content (AvgIpc) is 3.34. The van der Waals surface area contributed by atoms with Crippen LogP contribution in [0.25, 0.3) is 11.3 Å². The van der Waals surface area contributed by atoms with Crippen molar-refractivity contribution in [1.29, 1.82) is 0 Å². The number of sulfonamides is 1. The highest BCUT2D eigenvalue weighted by Crippen LogP contribution is 2.29. The van der Waals surface area contributed by atoms with Crippen LogP contribution in [0, 0.1) is 26.7 Å². The highest BCUT2D eigenvalue weighted by Gasteiger charge is 2.37. The topological polar surface area (TPSA) is 102 Å². The molecule has 2 aromatic heterocycles. The van der Waals surface area contributed by atoms with Gasteiger partial charge in [-0.2, -0.15) is 9.40 Å². The minimum Gasteiger partial charge on any atom is -0.360 e. The fourth-order valence-electron chi connectivity index (χ4n) is 5.17. The van der Waals surface area contributed by atoms with E-state index in [1.165, 1.54) is 9.87 Å². The van der Waals surface area contributed by atoms with Crippen molar-refractivity contribution in [3.8, 4) is 11.3 Å². The monoisotopic (exact) mass is 497 g/mol. The first kappa shape index (κ1) is 23.7. The van der Waals surface area contributed by atoms with E-state index in [1.54, 1.807) is 13.8 Å². The zero-order chi connectivity index (χ0) is 24.7. The molecule has 0 aliphatic carbocycles. The molecule has 1 saturated heterocycles. The molecule has 0 atom stereocenters. The molecule has 10 heteroatoms. The van der Waals surface area contributed by atoms with Gasteiger partial charge >= 0.3 is 0 Å². The number of aromatic nitrogens is 3. The number of carbonyl (C=O) groups is 1. The number of hydrogen-bond donors (Lipinski definition) is 0. The second kappa shape index (κ2) is 9.23. The first-order chi connectivity index (χ1) is 16.7. The Morgan fingerprint density at radius 3 is 2.51 bits per heavy atom. The van der Waals surface area contributed by atoms with E-state index < -0.39 is 10.0 Å². The number of aryl methyl sites for hydroxylation is 4. The first-order valence-electron chi connectivity index (χ1n) is 12.1. The van der Waals surface area contributed by atoms with E-state index in [0.29, 0.717) is 50.5 Å². The average molecular weight is 498 g/mol. The number of amides is 1. The lowest BCUT2D eigenvalue weighted by molar-refractivity contribution is -0.137.